The average molecular weight is 673 g/mol. The molecule has 1 aromatic heterocycles. The van der Waals surface area contributed by atoms with Crippen LogP contribution in [0.25, 0.3) is 55.2 Å². The van der Waals surface area contributed by atoms with Crippen molar-refractivity contribution in [2.75, 3.05) is 6.54 Å². The molecule has 7 aromatic rings. The van der Waals surface area contributed by atoms with Gasteiger partial charge < -0.3 is 20.9 Å². The number of hydrogen-bond donors (Lipinski definition) is 2. The van der Waals surface area contributed by atoms with Gasteiger partial charge in [-0.05, 0) is 74.4 Å². The third-order valence-corrected chi connectivity index (χ3v) is 11.1. The SMILES string of the molecule is CC1(C)c2ccccc2-c2cc3c4ccc(-c5ccccc5)cc4n(C4=CC=C(C5[N-]C(c6ccccc6)=NC(c6ccccc6)N5)CN4)c3cc21. The van der Waals surface area contributed by atoms with E-state index < -0.39 is 0 Å². The van der Waals surface area contributed by atoms with Gasteiger partial charge in [-0.25, -0.2) is 0 Å². The van der Waals surface area contributed by atoms with Crippen LogP contribution in [-0.2, 0) is 5.41 Å². The lowest BCUT2D eigenvalue weighted by Crippen LogP contribution is -2.41. The van der Waals surface area contributed by atoms with Crippen molar-refractivity contribution >= 4 is 33.5 Å². The second-order valence-corrected chi connectivity index (χ2v) is 14.5. The Bertz CT molecular complexity index is 2590. The number of fused-ring (bicyclic) bond motifs is 6. The Morgan fingerprint density at radius 3 is 2.08 bits per heavy atom. The molecular formula is C47H38N5-. The van der Waals surface area contributed by atoms with Gasteiger partial charge in [-0.2, -0.15) is 0 Å². The Labute approximate surface area is 304 Å². The van der Waals surface area contributed by atoms with Gasteiger partial charge in [-0.15, -0.1) is 0 Å². The minimum atomic E-state index is -0.228. The highest BCUT2D eigenvalue weighted by Gasteiger charge is 2.36. The topological polar surface area (TPSA) is 55.5 Å². The first-order valence-electron chi connectivity index (χ1n) is 18.1. The van der Waals surface area contributed by atoms with E-state index in [4.69, 9.17) is 10.3 Å². The van der Waals surface area contributed by atoms with E-state index in [0.717, 1.165) is 28.4 Å². The summed E-state index contributed by atoms with van der Waals surface area (Å²) in [4.78, 5) is 5.05. The summed E-state index contributed by atoms with van der Waals surface area (Å²) in [5.74, 6) is 1.82. The van der Waals surface area contributed by atoms with Crippen LogP contribution in [0.5, 0.6) is 0 Å². The quantitative estimate of drug-likeness (QED) is 0.191. The molecule has 2 atom stereocenters. The highest BCUT2D eigenvalue weighted by molar-refractivity contribution is 6.13. The van der Waals surface area contributed by atoms with Gasteiger partial charge in [-0.3, -0.25) is 4.57 Å². The molecule has 0 amide bonds. The summed E-state index contributed by atoms with van der Waals surface area (Å²) in [6, 6.07) is 52.1. The molecule has 0 radical (unpaired) electrons. The smallest absolute Gasteiger partial charge is 0.111 e. The Kier molecular flexibility index (Phi) is 7.05. The van der Waals surface area contributed by atoms with E-state index >= 15 is 0 Å². The summed E-state index contributed by atoms with van der Waals surface area (Å²) in [7, 11) is 0. The maximum absolute atomic E-state index is 5.15. The molecular weight excluding hydrogens is 635 g/mol. The number of hydrogen-bond acceptors (Lipinski definition) is 3. The van der Waals surface area contributed by atoms with Crippen LogP contribution < -0.4 is 10.6 Å². The first-order valence-corrected chi connectivity index (χ1v) is 18.1. The largest absolute Gasteiger partial charge is 0.445 e. The van der Waals surface area contributed by atoms with Gasteiger partial charge >= 0.3 is 0 Å². The summed E-state index contributed by atoms with van der Waals surface area (Å²) in [5.41, 5.74) is 13.4. The second kappa shape index (κ2) is 12.0. The third-order valence-electron chi connectivity index (χ3n) is 11.1. The summed E-state index contributed by atoms with van der Waals surface area (Å²) in [6.07, 6.45) is 4.04. The molecule has 10 rings (SSSR count). The first kappa shape index (κ1) is 30.6. The van der Waals surface area contributed by atoms with Crippen molar-refractivity contribution < 1.29 is 0 Å². The van der Waals surface area contributed by atoms with Crippen LogP contribution in [0.15, 0.2) is 168 Å². The molecule has 0 fully saturated rings. The number of rotatable bonds is 5. The predicted molar refractivity (Wildman–Crippen MR) is 215 cm³/mol. The van der Waals surface area contributed by atoms with Gasteiger partial charge in [0, 0.05) is 35.1 Å². The van der Waals surface area contributed by atoms with Crippen molar-refractivity contribution in [2.24, 2.45) is 4.99 Å². The van der Waals surface area contributed by atoms with E-state index in [1.807, 2.05) is 24.3 Å². The molecule has 52 heavy (non-hydrogen) atoms. The number of benzene rings is 6. The van der Waals surface area contributed by atoms with Crippen molar-refractivity contribution in [3.05, 3.63) is 191 Å². The molecule has 0 saturated carbocycles. The number of nitrogens with one attached hydrogen (secondary N) is 2. The number of amidine groups is 1. The molecule has 252 valence electrons. The fraction of sp³-hybridized carbons (Fsp3) is 0.128. The van der Waals surface area contributed by atoms with Crippen LogP contribution in [0.2, 0.25) is 0 Å². The van der Waals surface area contributed by atoms with Crippen molar-refractivity contribution in [3.63, 3.8) is 0 Å². The zero-order valence-corrected chi connectivity index (χ0v) is 29.2. The summed E-state index contributed by atoms with van der Waals surface area (Å²) >= 11 is 0. The lowest BCUT2D eigenvalue weighted by atomic mass is 9.82. The van der Waals surface area contributed by atoms with Crippen LogP contribution in [-0.4, -0.2) is 23.1 Å². The Balaban J connectivity index is 1.10. The molecule has 6 aromatic carbocycles. The minimum absolute atomic E-state index is 0.0977. The van der Waals surface area contributed by atoms with Crippen LogP contribution in [0.3, 0.4) is 0 Å². The fourth-order valence-electron chi connectivity index (χ4n) is 8.35. The maximum atomic E-state index is 5.15. The van der Waals surface area contributed by atoms with E-state index in [9.17, 15) is 0 Å². The number of dihydropyridines is 1. The average Bonchev–Trinajstić information content (AvgIpc) is 3.65. The van der Waals surface area contributed by atoms with E-state index in [0.29, 0.717) is 6.54 Å². The molecule has 3 heterocycles. The van der Waals surface area contributed by atoms with Gasteiger partial charge in [0.25, 0.3) is 0 Å². The minimum Gasteiger partial charge on any atom is -0.445 e. The highest BCUT2D eigenvalue weighted by Crippen LogP contribution is 2.51. The molecule has 3 aliphatic rings. The first-order chi connectivity index (χ1) is 25.5. The zero-order valence-electron chi connectivity index (χ0n) is 29.2. The Morgan fingerprint density at radius 1 is 0.635 bits per heavy atom. The Hall–Kier alpha value is -6.17. The molecule has 5 heteroatoms. The van der Waals surface area contributed by atoms with Crippen molar-refractivity contribution in [1.29, 1.82) is 0 Å². The van der Waals surface area contributed by atoms with Gasteiger partial charge in [0.2, 0.25) is 0 Å². The normalized spacial score (nSPS) is 18.8. The van der Waals surface area contributed by atoms with E-state index in [-0.39, 0.29) is 17.7 Å². The van der Waals surface area contributed by atoms with Crippen molar-refractivity contribution in [1.82, 2.24) is 15.2 Å². The van der Waals surface area contributed by atoms with E-state index in [1.54, 1.807) is 0 Å². The van der Waals surface area contributed by atoms with Crippen LogP contribution in [0.4, 0.5) is 0 Å². The summed E-state index contributed by atoms with van der Waals surface area (Å²) < 4.78 is 2.43. The van der Waals surface area contributed by atoms with E-state index in [2.05, 4.69) is 163 Å². The second-order valence-electron chi connectivity index (χ2n) is 14.5. The van der Waals surface area contributed by atoms with Crippen molar-refractivity contribution in [2.45, 2.75) is 31.6 Å². The van der Waals surface area contributed by atoms with Gasteiger partial charge in [0.15, 0.2) is 0 Å². The Morgan fingerprint density at radius 2 is 1.33 bits per heavy atom. The lowest BCUT2D eigenvalue weighted by molar-refractivity contribution is 0.504. The summed E-state index contributed by atoms with van der Waals surface area (Å²) in [6.45, 7) is 5.36. The molecule has 2 unspecified atom stereocenters. The third kappa shape index (κ3) is 4.92. The summed E-state index contributed by atoms with van der Waals surface area (Å²) in [5, 5.41) is 15.2. The van der Waals surface area contributed by atoms with Crippen molar-refractivity contribution in [3.8, 4) is 22.3 Å². The fourth-order valence-corrected chi connectivity index (χ4v) is 8.35. The molecule has 5 nitrogen and oxygen atoms in total. The lowest BCUT2D eigenvalue weighted by Gasteiger charge is -2.42. The maximum Gasteiger partial charge on any atom is 0.111 e. The van der Waals surface area contributed by atoms with Gasteiger partial charge in [0.1, 0.15) is 5.82 Å². The van der Waals surface area contributed by atoms with Gasteiger partial charge in [0.05, 0.1) is 11.0 Å². The highest BCUT2D eigenvalue weighted by atomic mass is 15.3. The molecule has 1 aliphatic carbocycles. The van der Waals surface area contributed by atoms with E-state index in [1.165, 1.54) is 55.2 Å². The number of aliphatic imine (C=N–C) groups is 1. The molecule has 0 spiro atoms. The van der Waals surface area contributed by atoms with Gasteiger partial charge in [-0.1, -0.05) is 153 Å². The standard InChI is InChI=1S/C47H38N5/c1-47(2)39-21-13-12-20-35(39)37-27-38-36-24-22-33(30-14-6-3-7-15-30)26-41(36)52(42(38)28-40(37)47)43-25-23-34(29-48-43)46-50-44(31-16-8-4-9-17-31)49-45(51-46)32-18-10-5-11-19-32/h3-28,44,46,48,50H,29H2,1-2H3/q-1. The predicted octanol–water partition coefficient (Wildman–Crippen LogP) is 10.5. The zero-order chi connectivity index (χ0) is 34.8. The van der Waals surface area contributed by atoms with Crippen LogP contribution in [0, 0.1) is 0 Å². The number of nitrogens with zero attached hydrogens (tertiary/aromatic N) is 3. The van der Waals surface area contributed by atoms with Crippen LogP contribution >= 0.6 is 0 Å². The van der Waals surface area contributed by atoms with Crippen LogP contribution in [0.1, 0.15) is 42.3 Å². The number of aromatic nitrogens is 1. The number of allylic oxidation sites excluding steroid dienone is 2. The molecule has 0 saturated heterocycles. The molecule has 2 N–H and O–H groups in total. The monoisotopic (exact) mass is 672 g/mol. The molecule has 2 aliphatic heterocycles. The molecule has 0 bridgehead atoms.